The van der Waals surface area contributed by atoms with Crippen LogP contribution in [-0.2, 0) is 16.4 Å². The van der Waals surface area contributed by atoms with Gasteiger partial charge in [-0.15, -0.1) is 6.58 Å². The lowest BCUT2D eigenvalue weighted by Crippen LogP contribution is -2.29. The summed E-state index contributed by atoms with van der Waals surface area (Å²) in [7, 11) is -4.07. The maximum atomic E-state index is 13.2. The van der Waals surface area contributed by atoms with Gasteiger partial charge in [0, 0.05) is 17.8 Å². The van der Waals surface area contributed by atoms with E-state index in [0.29, 0.717) is 10.7 Å². The molecule has 0 fully saturated rings. The number of hydrogen-bond donors (Lipinski definition) is 1. The van der Waals surface area contributed by atoms with Crippen molar-refractivity contribution in [3.8, 4) is 0 Å². The molecule has 29 heavy (non-hydrogen) atoms. The van der Waals surface area contributed by atoms with Crippen LogP contribution in [-0.4, -0.2) is 22.4 Å². The van der Waals surface area contributed by atoms with Crippen molar-refractivity contribution in [2.75, 3.05) is 0 Å². The van der Waals surface area contributed by atoms with Gasteiger partial charge in [-0.1, -0.05) is 23.7 Å². The van der Waals surface area contributed by atoms with Crippen LogP contribution >= 0.6 is 11.6 Å². The number of hydrogen-bond acceptors (Lipinski definition) is 5. The van der Waals surface area contributed by atoms with E-state index in [-0.39, 0.29) is 32.9 Å². The first-order chi connectivity index (χ1) is 13.8. The minimum absolute atomic E-state index is 0.0197. The number of pyridine rings is 2. The Balaban J connectivity index is 2.14. The monoisotopic (exact) mass is 426 g/mol. The summed E-state index contributed by atoms with van der Waals surface area (Å²) in [4.78, 5) is 17.2. The molecule has 4 rings (SSSR count). The molecule has 0 saturated heterocycles. The molecule has 0 aliphatic rings. The van der Waals surface area contributed by atoms with Gasteiger partial charge in [0.1, 0.15) is 21.7 Å². The molecule has 0 bridgehead atoms. The average molecular weight is 427 g/mol. The Kier molecular flexibility index (Phi) is 4.60. The van der Waals surface area contributed by atoms with Gasteiger partial charge >= 0.3 is 0 Å². The number of aromatic nitrogens is 3. The third kappa shape index (κ3) is 3.06. The van der Waals surface area contributed by atoms with E-state index in [0.717, 1.165) is 0 Å². The predicted octanol–water partition coefficient (Wildman–Crippen LogP) is 2.80. The number of sulfone groups is 1. The molecule has 9 heteroatoms. The smallest absolute Gasteiger partial charge is 0.267 e. The van der Waals surface area contributed by atoms with Gasteiger partial charge in [0.05, 0.1) is 10.3 Å². The first-order valence-electron chi connectivity index (χ1n) is 8.55. The summed E-state index contributed by atoms with van der Waals surface area (Å²) in [6.07, 6.45) is 3.08. The van der Waals surface area contributed by atoms with Gasteiger partial charge in [0.15, 0.2) is 0 Å². The van der Waals surface area contributed by atoms with Crippen LogP contribution in [0.25, 0.3) is 16.7 Å². The lowest BCUT2D eigenvalue weighted by Gasteiger charge is -2.13. The molecule has 3 heterocycles. The van der Waals surface area contributed by atoms with Crippen LogP contribution in [0.15, 0.2) is 82.0 Å². The third-order valence-corrected chi connectivity index (χ3v) is 6.54. The first-order valence-corrected chi connectivity index (χ1v) is 10.4. The van der Waals surface area contributed by atoms with E-state index in [4.69, 9.17) is 17.0 Å². The van der Waals surface area contributed by atoms with E-state index >= 15 is 0 Å². The summed E-state index contributed by atoms with van der Waals surface area (Å²) in [6.45, 7) is 3.79. The molecule has 0 amide bonds. The normalized spacial score (nSPS) is 11.8. The summed E-state index contributed by atoms with van der Waals surface area (Å²) in [6, 6.07) is 12.0. The highest BCUT2D eigenvalue weighted by Crippen LogP contribution is 2.22. The van der Waals surface area contributed by atoms with Crippen molar-refractivity contribution in [2.24, 2.45) is 0 Å². The maximum absolute atomic E-state index is 13.2. The van der Waals surface area contributed by atoms with E-state index in [1.54, 1.807) is 24.4 Å². The van der Waals surface area contributed by atoms with Crippen molar-refractivity contribution in [2.45, 2.75) is 16.3 Å². The van der Waals surface area contributed by atoms with Gasteiger partial charge in [0.25, 0.3) is 5.56 Å². The van der Waals surface area contributed by atoms with Crippen LogP contribution in [0.3, 0.4) is 0 Å². The van der Waals surface area contributed by atoms with E-state index in [1.807, 2.05) is 0 Å². The van der Waals surface area contributed by atoms with E-state index in [1.165, 1.54) is 45.4 Å². The largest absolute Gasteiger partial charge is 0.306 e. The highest BCUT2D eigenvalue weighted by molar-refractivity contribution is 7.91. The summed E-state index contributed by atoms with van der Waals surface area (Å²) in [5.74, 6) is 0. The standard InChI is InChI=1S/C20H15ClN4O3S/c1-2-10-25-18(22)16(29(27,28)14-8-6-13(21)7-9-14)12-15-19(25)23-17-5-3-4-11-24(17)20(15)26/h2-9,11-12,22H,1,10H2. The number of nitrogens with one attached hydrogen (secondary N) is 1. The van der Waals surface area contributed by atoms with Crippen molar-refractivity contribution in [3.05, 3.63) is 88.2 Å². The number of rotatable bonds is 4. The minimum atomic E-state index is -4.07. The van der Waals surface area contributed by atoms with Crippen LogP contribution < -0.4 is 11.0 Å². The van der Waals surface area contributed by atoms with Gasteiger partial charge < -0.3 is 4.57 Å². The molecule has 1 aromatic carbocycles. The van der Waals surface area contributed by atoms with E-state index in [2.05, 4.69) is 11.6 Å². The Labute approximate surface area is 170 Å². The topological polar surface area (TPSA) is 97.3 Å². The van der Waals surface area contributed by atoms with Gasteiger partial charge in [-0.25, -0.2) is 13.4 Å². The fraction of sp³-hybridized carbons (Fsp3) is 0.0500. The highest BCUT2D eigenvalue weighted by atomic mass is 35.5. The second kappa shape index (κ2) is 6.98. The van der Waals surface area contributed by atoms with Crippen LogP contribution in [0.5, 0.6) is 0 Å². The average Bonchev–Trinajstić information content (AvgIpc) is 2.70. The zero-order valence-electron chi connectivity index (χ0n) is 15.0. The van der Waals surface area contributed by atoms with E-state index < -0.39 is 15.4 Å². The van der Waals surface area contributed by atoms with Crippen molar-refractivity contribution in [1.29, 1.82) is 5.41 Å². The molecule has 1 N–H and O–H groups in total. The number of halogens is 1. The zero-order chi connectivity index (χ0) is 20.8. The molecule has 3 aromatic heterocycles. The molecule has 7 nitrogen and oxygen atoms in total. The van der Waals surface area contributed by atoms with Gasteiger partial charge in [-0.3, -0.25) is 14.6 Å². The number of fused-ring (bicyclic) bond motifs is 2. The van der Waals surface area contributed by atoms with Crippen LogP contribution in [0, 0.1) is 5.41 Å². The second-order valence-electron chi connectivity index (χ2n) is 6.30. The molecule has 0 aliphatic carbocycles. The Morgan fingerprint density at radius 3 is 2.59 bits per heavy atom. The van der Waals surface area contributed by atoms with Gasteiger partial charge in [-0.2, -0.15) is 0 Å². The molecule has 0 saturated carbocycles. The maximum Gasteiger partial charge on any atom is 0.267 e. The zero-order valence-corrected chi connectivity index (χ0v) is 16.6. The Hall–Kier alpha value is -3.23. The molecule has 0 spiro atoms. The molecule has 0 radical (unpaired) electrons. The van der Waals surface area contributed by atoms with E-state index in [9.17, 15) is 13.2 Å². The number of benzene rings is 1. The minimum Gasteiger partial charge on any atom is -0.306 e. The summed E-state index contributed by atoms with van der Waals surface area (Å²) < 4.78 is 29.1. The van der Waals surface area contributed by atoms with Crippen molar-refractivity contribution >= 4 is 38.1 Å². The summed E-state index contributed by atoms with van der Waals surface area (Å²) in [5.41, 5.74) is -0.0767. The van der Waals surface area contributed by atoms with Crippen molar-refractivity contribution in [3.63, 3.8) is 0 Å². The second-order valence-corrected chi connectivity index (χ2v) is 8.65. The summed E-state index contributed by atoms with van der Waals surface area (Å²) >= 11 is 5.86. The lowest BCUT2D eigenvalue weighted by molar-refractivity contribution is 0.591. The highest BCUT2D eigenvalue weighted by Gasteiger charge is 2.23. The molecular formula is C20H15ClN4O3S. The van der Waals surface area contributed by atoms with Gasteiger partial charge in [0.2, 0.25) is 9.84 Å². The van der Waals surface area contributed by atoms with Crippen molar-refractivity contribution in [1.82, 2.24) is 14.0 Å². The third-order valence-electron chi connectivity index (χ3n) is 4.51. The molecular weight excluding hydrogens is 412 g/mol. The Bertz CT molecular complexity index is 1500. The van der Waals surface area contributed by atoms with Crippen LogP contribution in [0.2, 0.25) is 5.02 Å². The predicted molar refractivity (Wildman–Crippen MR) is 110 cm³/mol. The molecule has 0 unspecified atom stereocenters. The molecule has 0 atom stereocenters. The lowest BCUT2D eigenvalue weighted by atomic mass is 10.3. The van der Waals surface area contributed by atoms with Crippen LogP contribution in [0.4, 0.5) is 0 Å². The fourth-order valence-corrected chi connectivity index (χ4v) is 4.63. The van der Waals surface area contributed by atoms with Gasteiger partial charge in [-0.05, 0) is 42.5 Å². The van der Waals surface area contributed by atoms with Crippen molar-refractivity contribution < 1.29 is 8.42 Å². The number of nitrogens with zero attached hydrogens (tertiary/aromatic N) is 3. The summed E-state index contributed by atoms with van der Waals surface area (Å²) in [5, 5.41) is 9.01. The molecule has 0 aliphatic heterocycles. The fourth-order valence-electron chi connectivity index (χ4n) is 3.11. The SMILES string of the molecule is C=CCn1c(=N)c(S(=O)(=O)c2ccc(Cl)cc2)cc2c(=O)n3ccccc3nc21. The first kappa shape index (κ1) is 19.1. The Morgan fingerprint density at radius 1 is 1.17 bits per heavy atom. The Morgan fingerprint density at radius 2 is 1.90 bits per heavy atom. The molecule has 146 valence electrons. The quantitative estimate of drug-likeness (QED) is 0.400. The van der Waals surface area contributed by atoms with Crippen LogP contribution in [0.1, 0.15) is 0 Å². The number of allylic oxidation sites excluding steroid dienone is 1. The molecule has 4 aromatic rings.